The van der Waals surface area contributed by atoms with Gasteiger partial charge in [0.25, 0.3) is 0 Å². The summed E-state index contributed by atoms with van der Waals surface area (Å²) in [7, 11) is 4.02. The molecule has 1 saturated heterocycles. The number of rotatable bonds is 8. The second-order valence-corrected chi connectivity index (χ2v) is 10.6. The lowest BCUT2D eigenvalue weighted by Crippen LogP contribution is -2.55. The summed E-state index contributed by atoms with van der Waals surface area (Å²) in [6.07, 6.45) is 4.69. The number of nitrogens with zero attached hydrogens (tertiary/aromatic N) is 6. The molecular formula is C32H33N7O3. The molecule has 0 spiro atoms. The molecule has 3 aromatic carbocycles. The summed E-state index contributed by atoms with van der Waals surface area (Å²) >= 11 is 0. The van der Waals surface area contributed by atoms with Crippen molar-refractivity contribution in [1.29, 1.82) is 0 Å². The van der Waals surface area contributed by atoms with E-state index < -0.39 is 0 Å². The number of anilines is 2. The molecule has 2 aromatic heterocycles. The third-order valence-electron chi connectivity index (χ3n) is 7.56. The molecule has 214 valence electrons. The minimum Gasteiger partial charge on any atom is -0.491 e. The normalized spacial score (nSPS) is 15.6. The molecule has 0 bridgehead atoms. The molecule has 1 N–H and O–H groups in total. The van der Waals surface area contributed by atoms with E-state index in [2.05, 4.69) is 38.8 Å². The maximum Gasteiger partial charge on any atom is 0.246 e. The van der Waals surface area contributed by atoms with Crippen LogP contribution in [0, 0.1) is 6.92 Å². The van der Waals surface area contributed by atoms with Gasteiger partial charge in [0, 0.05) is 49.9 Å². The zero-order chi connectivity index (χ0) is 29.2. The van der Waals surface area contributed by atoms with Gasteiger partial charge in [-0.15, -0.1) is 0 Å². The van der Waals surface area contributed by atoms with Gasteiger partial charge in [-0.25, -0.2) is 15.0 Å². The monoisotopic (exact) mass is 563 g/mol. The van der Waals surface area contributed by atoms with Gasteiger partial charge < -0.3 is 29.2 Å². The highest BCUT2D eigenvalue weighted by Gasteiger charge is 2.28. The van der Waals surface area contributed by atoms with Crippen LogP contribution in [0.1, 0.15) is 5.56 Å². The number of carbonyl (C=O) groups is 1. The lowest BCUT2D eigenvalue weighted by molar-refractivity contribution is -0.131. The zero-order valence-electron chi connectivity index (χ0n) is 23.9. The largest absolute Gasteiger partial charge is 0.491 e. The van der Waals surface area contributed by atoms with E-state index in [1.54, 1.807) is 6.33 Å². The summed E-state index contributed by atoms with van der Waals surface area (Å²) in [4.78, 5) is 29.7. The van der Waals surface area contributed by atoms with Gasteiger partial charge in [0.2, 0.25) is 5.91 Å². The molecule has 1 aliphatic rings. The van der Waals surface area contributed by atoms with Gasteiger partial charge >= 0.3 is 0 Å². The van der Waals surface area contributed by atoms with Crippen molar-refractivity contribution in [3.8, 4) is 17.2 Å². The van der Waals surface area contributed by atoms with Crippen molar-refractivity contribution < 1.29 is 14.3 Å². The zero-order valence-corrected chi connectivity index (χ0v) is 23.9. The highest BCUT2D eigenvalue weighted by atomic mass is 16.5. The highest BCUT2D eigenvalue weighted by molar-refractivity contribution is 5.91. The van der Waals surface area contributed by atoms with Crippen LogP contribution in [0.3, 0.4) is 0 Å². The number of aryl methyl sites for hydroxylation is 2. The number of aromatic nitrogens is 4. The molecule has 10 nitrogen and oxygen atoms in total. The van der Waals surface area contributed by atoms with Crippen molar-refractivity contribution in [2.75, 3.05) is 38.6 Å². The first-order valence-corrected chi connectivity index (χ1v) is 13.8. The Bertz CT molecular complexity index is 1780. The van der Waals surface area contributed by atoms with E-state index in [1.807, 2.05) is 78.0 Å². The number of hydrogen-bond donors (Lipinski definition) is 1. The van der Waals surface area contributed by atoms with Crippen molar-refractivity contribution in [2.24, 2.45) is 7.05 Å². The van der Waals surface area contributed by atoms with Crippen LogP contribution >= 0.6 is 0 Å². The summed E-state index contributed by atoms with van der Waals surface area (Å²) in [5, 5.41) is 4.29. The van der Waals surface area contributed by atoms with Crippen molar-refractivity contribution in [2.45, 2.75) is 13.0 Å². The molecule has 1 aliphatic heterocycles. The smallest absolute Gasteiger partial charge is 0.246 e. The van der Waals surface area contributed by atoms with Gasteiger partial charge in [-0.2, -0.15) is 0 Å². The molecule has 0 radical (unpaired) electrons. The Hall–Kier alpha value is -4.96. The molecule has 42 heavy (non-hydrogen) atoms. The van der Waals surface area contributed by atoms with Gasteiger partial charge in [-0.3, -0.25) is 4.79 Å². The van der Waals surface area contributed by atoms with Crippen molar-refractivity contribution >= 4 is 39.3 Å². The fourth-order valence-electron chi connectivity index (χ4n) is 5.26. The molecule has 1 amide bonds. The first-order chi connectivity index (χ1) is 20.4. The Kier molecular flexibility index (Phi) is 7.45. The van der Waals surface area contributed by atoms with Crippen LogP contribution in [-0.2, 0) is 11.8 Å². The lowest BCUT2D eigenvalue weighted by atomic mass is 10.1. The van der Waals surface area contributed by atoms with E-state index in [0.29, 0.717) is 24.7 Å². The second kappa shape index (κ2) is 11.5. The SMILES string of the molecule is C=CC(=O)N1CCN(C)CC1COc1ccc2c(Nc3ccc(Oc4ccc5c(c4)ncn5C)c(C)c3)ncnc2c1. The molecule has 6 rings (SSSR count). The van der Waals surface area contributed by atoms with Crippen LogP contribution in [0.15, 0.2) is 79.9 Å². The topological polar surface area (TPSA) is 97.6 Å². The third-order valence-corrected chi connectivity index (χ3v) is 7.56. The standard InChI is InChI=1S/C32H33N7O3/c1-5-31(40)39-13-12-37(3)17-23(39)18-41-24-7-9-26-27(15-24)33-19-34-32(26)36-22-6-11-30(21(2)14-22)42-25-8-10-29-28(16-25)35-20-38(29)4/h5-11,14-16,19-20,23H,1,12-13,17-18H2,2-4H3,(H,33,34,36). The predicted octanol–water partition coefficient (Wildman–Crippen LogP) is 5.07. The fraction of sp³-hybridized carbons (Fsp3) is 0.250. The molecule has 0 aliphatic carbocycles. The Morgan fingerprint density at radius 2 is 1.86 bits per heavy atom. The van der Waals surface area contributed by atoms with Gasteiger partial charge in [-0.1, -0.05) is 6.58 Å². The predicted molar refractivity (Wildman–Crippen MR) is 163 cm³/mol. The number of fused-ring (bicyclic) bond motifs is 2. The van der Waals surface area contributed by atoms with Crippen molar-refractivity contribution in [3.63, 3.8) is 0 Å². The maximum absolute atomic E-state index is 12.3. The summed E-state index contributed by atoms with van der Waals surface area (Å²) in [5.41, 5.74) is 4.56. The molecular weight excluding hydrogens is 530 g/mol. The van der Waals surface area contributed by atoms with E-state index in [-0.39, 0.29) is 11.9 Å². The van der Waals surface area contributed by atoms with Crippen molar-refractivity contribution in [3.05, 3.63) is 85.5 Å². The van der Waals surface area contributed by atoms with E-state index in [1.165, 1.54) is 12.4 Å². The first-order valence-electron chi connectivity index (χ1n) is 13.8. The fourth-order valence-corrected chi connectivity index (χ4v) is 5.26. The van der Waals surface area contributed by atoms with Gasteiger partial charge in [-0.05, 0) is 68.1 Å². The lowest BCUT2D eigenvalue weighted by Gasteiger charge is -2.39. The van der Waals surface area contributed by atoms with Crippen LogP contribution in [-0.4, -0.2) is 74.6 Å². The summed E-state index contributed by atoms with van der Waals surface area (Å²) in [5.74, 6) is 2.81. The molecule has 5 aromatic rings. The van der Waals surface area contributed by atoms with Crippen LogP contribution < -0.4 is 14.8 Å². The quantitative estimate of drug-likeness (QED) is 0.262. The molecule has 10 heteroatoms. The molecule has 1 atom stereocenters. The van der Waals surface area contributed by atoms with Gasteiger partial charge in [0.15, 0.2) is 0 Å². The number of nitrogens with one attached hydrogen (secondary N) is 1. The molecule has 3 heterocycles. The Morgan fingerprint density at radius 3 is 2.69 bits per heavy atom. The van der Waals surface area contributed by atoms with E-state index in [0.717, 1.165) is 57.8 Å². The minimum atomic E-state index is -0.0699. The van der Waals surface area contributed by atoms with E-state index in [9.17, 15) is 4.79 Å². The number of benzene rings is 3. The number of carbonyl (C=O) groups excluding carboxylic acids is 1. The molecule has 1 fully saturated rings. The Morgan fingerprint density at radius 1 is 1.02 bits per heavy atom. The molecule has 1 unspecified atom stereocenters. The van der Waals surface area contributed by atoms with E-state index >= 15 is 0 Å². The summed E-state index contributed by atoms with van der Waals surface area (Å²) in [6, 6.07) is 17.5. The van der Waals surface area contributed by atoms with Gasteiger partial charge in [0.1, 0.15) is 36.0 Å². The summed E-state index contributed by atoms with van der Waals surface area (Å²) in [6.45, 7) is 8.26. The molecule has 0 saturated carbocycles. The highest BCUT2D eigenvalue weighted by Crippen LogP contribution is 2.31. The summed E-state index contributed by atoms with van der Waals surface area (Å²) < 4.78 is 14.3. The Labute approximate surface area is 244 Å². The third kappa shape index (κ3) is 5.61. The van der Waals surface area contributed by atoms with Crippen molar-refractivity contribution in [1.82, 2.24) is 29.3 Å². The average Bonchev–Trinajstić information content (AvgIpc) is 3.36. The van der Waals surface area contributed by atoms with Crippen LogP contribution in [0.4, 0.5) is 11.5 Å². The van der Waals surface area contributed by atoms with Gasteiger partial charge in [0.05, 0.1) is 28.9 Å². The Balaban J connectivity index is 1.15. The van der Waals surface area contributed by atoms with Crippen LogP contribution in [0.2, 0.25) is 0 Å². The number of imidazole rings is 1. The number of likely N-dealkylation sites (N-methyl/N-ethyl adjacent to an activating group) is 1. The number of ether oxygens (including phenoxy) is 2. The minimum absolute atomic E-state index is 0.0549. The van der Waals surface area contributed by atoms with Crippen LogP contribution in [0.25, 0.3) is 21.9 Å². The number of hydrogen-bond acceptors (Lipinski definition) is 8. The second-order valence-electron chi connectivity index (χ2n) is 10.6. The van der Waals surface area contributed by atoms with E-state index in [4.69, 9.17) is 9.47 Å². The number of amides is 1. The number of piperazine rings is 1. The average molecular weight is 564 g/mol. The maximum atomic E-state index is 12.3. The first kappa shape index (κ1) is 27.2. The van der Waals surface area contributed by atoms with Crippen LogP contribution in [0.5, 0.6) is 17.2 Å².